The van der Waals surface area contributed by atoms with Crippen molar-refractivity contribution in [3.63, 3.8) is 0 Å². The lowest BCUT2D eigenvalue weighted by Gasteiger charge is -2.44. The normalized spacial score (nSPS) is 15.1. The monoisotopic (exact) mass is 533 g/mol. The number of primary amides is 1. The molecule has 0 atom stereocenters. The Labute approximate surface area is 229 Å². The number of piperidine rings is 1. The molecule has 4 rings (SSSR count). The summed E-state index contributed by atoms with van der Waals surface area (Å²) >= 11 is 6.07. The molecule has 1 saturated heterocycles. The van der Waals surface area contributed by atoms with Gasteiger partial charge in [-0.05, 0) is 56.7 Å². The van der Waals surface area contributed by atoms with Crippen LogP contribution in [0.4, 0.5) is 4.39 Å². The average Bonchev–Trinajstić information content (AvgIpc) is 2.92. The maximum absolute atomic E-state index is 14.4. The second-order valence-corrected chi connectivity index (χ2v) is 10.9. The van der Waals surface area contributed by atoms with Gasteiger partial charge < -0.3 is 10.5 Å². The number of nitrogens with zero attached hydrogens (tertiary/aromatic N) is 2. The molecule has 0 aliphatic carbocycles. The third kappa shape index (κ3) is 5.70. The summed E-state index contributed by atoms with van der Waals surface area (Å²) in [6, 6.07) is 23.9. The number of hydrogen-bond acceptors (Lipinski definition) is 4. The molecular weight excluding hydrogens is 501 g/mol. The fourth-order valence-corrected chi connectivity index (χ4v) is 5.62. The van der Waals surface area contributed by atoms with Gasteiger partial charge in [0.05, 0.1) is 16.0 Å². The quantitative estimate of drug-likeness (QED) is 0.354. The van der Waals surface area contributed by atoms with Crippen LogP contribution in [0.15, 0.2) is 72.8 Å². The van der Waals surface area contributed by atoms with E-state index in [1.807, 2.05) is 66.7 Å². The molecule has 38 heavy (non-hydrogen) atoms. The number of halogens is 2. The molecule has 1 heterocycles. The second-order valence-electron chi connectivity index (χ2n) is 10.5. The third-order valence-electron chi connectivity index (χ3n) is 7.80. The van der Waals surface area contributed by atoms with Gasteiger partial charge in [-0.15, -0.1) is 0 Å². The average molecular weight is 534 g/mol. The Hall–Kier alpha value is -3.40. The molecular formula is C31H33ClFN3O2. The van der Waals surface area contributed by atoms with Crippen molar-refractivity contribution in [2.75, 3.05) is 13.1 Å². The van der Waals surface area contributed by atoms with E-state index in [2.05, 4.69) is 18.7 Å². The van der Waals surface area contributed by atoms with E-state index in [4.69, 9.17) is 27.3 Å². The largest absolute Gasteiger partial charge is 0.487 e. The summed E-state index contributed by atoms with van der Waals surface area (Å²) in [4.78, 5) is 15.6. The highest BCUT2D eigenvalue weighted by Crippen LogP contribution is 2.40. The van der Waals surface area contributed by atoms with Gasteiger partial charge in [-0.1, -0.05) is 72.3 Å². The molecule has 0 aromatic heterocycles. The first-order valence-electron chi connectivity index (χ1n) is 12.9. The third-order valence-corrected chi connectivity index (χ3v) is 8.11. The van der Waals surface area contributed by atoms with Gasteiger partial charge in [0.25, 0.3) is 0 Å². The lowest BCUT2D eigenvalue weighted by Crippen LogP contribution is -2.51. The molecule has 2 N–H and O–H groups in total. The van der Waals surface area contributed by atoms with Crippen LogP contribution in [0, 0.1) is 17.1 Å². The molecule has 1 fully saturated rings. The molecule has 7 heteroatoms. The summed E-state index contributed by atoms with van der Waals surface area (Å²) in [6.45, 7) is 5.92. The highest BCUT2D eigenvalue weighted by molar-refractivity contribution is 6.31. The number of amides is 1. The van der Waals surface area contributed by atoms with Crippen LogP contribution in [0.5, 0.6) is 5.75 Å². The van der Waals surface area contributed by atoms with Crippen molar-refractivity contribution in [1.82, 2.24) is 4.90 Å². The van der Waals surface area contributed by atoms with Crippen LogP contribution in [0.3, 0.4) is 0 Å². The van der Waals surface area contributed by atoms with Gasteiger partial charge in [0.2, 0.25) is 5.91 Å². The molecule has 0 unspecified atom stereocenters. The summed E-state index contributed by atoms with van der Waals surface area (Å²) in [5.74, 6) is -0.872. The number of hydrogen-bond donors (Lipinski definition) is 1. The Morgan fingerprint density at radius 3 is 2.11 bits per heavy atom. The molecule has 0 spiro atoms. The number of rotatable bonds is 9. The summed E-state index contributed by atoms with van der Waals surface area (Å²) in [7, 11) is 0. The molecule has 3 aromatic rings. The van der Waals surface area contributed by atoms with Crippen LogP contribution in [0.2, 0.25) is 5.02 Å². The fraction of sp³-hybridized carbons (Fsp3) is 0.355. The molecule has 0 radical (unpaired) electrons. The highest BCUT2D eigenvalue weighted by atomic mass is 35.5. The number of ether oxygens (including phenoxy) is 1. The van der Waals surface area contributed by atoms with Crippen LogP contribution in [0.25, 0.3) is 0 Å². The molecule has 0 bridgehead atoms. The van der Waals surface area contributed by atoms with E-state index in [0.717, 1.165) is 49.5 Å². The van der Waals surface area contributed by atoms with Gasteiger partial charge in [0.15, 0.2) is 11.6 Å². The SMILES string of the molecule is CC(C)(CCC(C(N)=O)(c1ccccc1)c1ccccc1)N1CCC(Oc2cc(Cl)c(C#N)cc2F)CC1. The topological polar surface area (TPSA) is 79.3 Å². The molecule has 1 amide bonds. The number of nitrogens with two attached hydrogens (primary N) is 1. The van der Waals surface area contributed by atoms with E-state index in [9.17, 15) is 9.18 Å². The highest BCUT2D eigenvalue weighted by Gasteiger charge is 2.42. The van der Waals surface area contributed by atoms with Crippen LogP contribution in [-0.2, 0) is 10.2 Å². The van der Waals surface area contributed by atoms with E-state index >= 15 is 0 Å². The van der Waals surface area contributed by atoms with Gasteiger partial charge >= 0.3 is 0 Å². The van der Waals surface area contributed by atoms with Crippen LogP contribution >= 0.6 is 11.6 Å². The number of carbonyl (C=O) groups excluding carboxylic acids is 1. The van der Waals surface area contributed by atoms with E-state index < -0.39 is 11.2 Å². The van der Waals surface area contributed by atoms with E-state index in [-0.39, 0.29) is 33.9 Å². The molecule has 3 aromatic carbocycles. The Bertz CT molecular complexity index is 1260. The van der Waals surface area contributed by atoms with Gasteiger partial charge in [0.1, 0.15) is 12.2 Å². The Balaban J connectivity index is 1.47. The minimum Gasteiger partial charge on any atom is -0.487 e. The zero-order valence-corrected chi connectivity index (χ0v) is 22.5. The predicted octanol–water partition coefficient (Wildman–Crippen LogP) is 6.22. The zero-order chi connectivity index (χ0) is 27.3. The van der Waals surface area contributed by atoms with Gasteiger partial charge in [0, 0.05) is 24.7 Å². The Morgan fingerprint density at radius 2 is 1.61 bits per heavy atom. The van der Waals surface area contributed by atoms with E-state index in [1.165, 1.54) is 6.07 Å². The minimum atomic E-state index is -0.937. The summed E-state index contributed by atoms with van der Waals surface area (Å²) < 4.78 is 20.3. The molecule has 0 saturated carbocycles. The summed E-state index contributed by atoms with van der Waals surface area (Å²) in [5.41, 5.74) is 6.88. The van der Waals surface area contributed by atoms with Crippen molar-refractivity contribution in [2.24, 2.45) is 5.73 Å². The second kappa shape index (κ2) is 11.6. The van der Waals surface area contributed by atoms with Gasteiger partial charge in [-0.25, -0.2) is 4.39 Å². The number of likely N-dealkylation sites (tertiary alicyclic amines) is 1. The van der Waals surface area contributed by atoms with Crippen molar-refractivity contribution in [1.29, 1.82) is 5.26 Å². The fourth-order valence-electron chi connectivity index (χ4n) is 5.42. The van der Waals surface area contributed by atoms with Crippen LogP contribution in [0.1, 0.15) is 56.2 Å². The zero-order valence-electron chi connectivity index (χ0n) is 21.8. The molecule has 5 nitrogen and oxygen atoms in total. The lowest BCUT2D eigenvalue weighted by molar-refractivity contribution is -0.122. The van der Waals surface area contributed by atoms with E-state index in [0.29, 0.717) is 6.42 Å². The Kier molecular flexibility index (Phi) is 8.40. The maximum Gasteiger partial charge on any atom is 0.232 e. The van der Waals surface area contributed by atoms with Gasteiger partial charge in [-0.3, -0.25) is 9.69 Å². The molecule has 1 aliphatic rings. The first-order valence-corrected chi connectivity index (χ1v) is 13.3. The van der Waals surface area contributed by atoms with Gasteiger partial charge in [-0.2, -0.15) is 5.26 Å². The smallest absolute Gasteiger partial charge is 0.232 e. The van der Waals surface area contributed by atoms with Crippen molar-refractivity contribution in [3.05, 3.63) is 100 Å². The van der Waals surface area contributed by atoms with Crippen LogP contribution < -0.4 is 10.5 Å². The maximum atomic E-state index is 14.4. The molecule has 1 aliphatic heterocycles. The van der Waals surface area contributed by atoms with Crippen molar-refractivity contribution in [3.8, 4) is 11.8 Å². The first kappa shape index (κ1) is 27.6. The lowest BCUT2D eigenvalue weighted by atomic mass is 9.69. The van der Waals surface area contributed by atoms with E-state index in [1.54, 1.807) is 0 Å². The van der Waals surface area contributed by atoms with Crippen molar-refractivity contribution < 1.29 is 13.9 Å². The standard InChI is InChI=1S/C31H33ClFN3O2/c1-30(2,36-17-13-25(14-18-36)38-28-20-26(32)22(21-34)19-27(28)33)15-16-31(29(35)37,23-9-5-3-6-10-23)24-11-7-4-8-12-24/h3-12,19-20,25H,13-18H2,1-2H3,(H2,35,37). The minimum absolute atomic E-state index is 0.0728. The molecule has 198 valence electrons. The van der Waals surface area contributed by atoms with Crippen molar-refractivity contribution in [2.45, 2.75) is 56.6 Å². The first-order chi connectivity index (χ1) is 18.2. The van der Waals surface area contributed by atoms with Crippen molar-refractivity contribution >= 4 is 17.5 Å². The number of carbonyl (C=O) groups is 1. The predicted molar refractivity (Wildman–Crippen MR) is 148 cm³/mol. The number of benzene rings is 3. The van der Waals surface area contributed by atoms with Crippen LogP contribution in [-0.4, -0.2) is 35.5 Å². The Morgan fingerprint density at radius 1 is 1.05 bits per heavy atom. The summed E-state index contributed by atoms with van der Waals surface area (Å²) in [6.07, 6.45) is 2.59. The number of nitriles is 1. The summed E-state index contributed by atoms with van der Waals surface area (Å²) in [5, 5.41) is 9.22.